The van der Waals surface area contributed by atoms with Crippen LogP contribution in [0.15, 0.2) is 41.3 Å². The lowest BCUT2D eigenvalue weighted by Crippen LogP contribution is -2.44. The van der Waals surface area contributed by atoms with E-state index in [4.69, 9.17) is 15.6 Å². The van der Waals surface area contributed by atoms with Crippen LogP contribution in [0.3, 0.4) is 0 Å². The van der Waals surface area contributed by atoms with Crippen molar-refractivity contribution in [1.29, 1.82) is 0 Å². The fraction of sp³-hybridized carbons (Fsp3) is 0.304. The van der Waals surface area contributed by atoms with Crippen molar-refractivity contribution < 1.29 is 13.5 Å². The minimum absolute atomic E-state index is 0.169. The molecule has 2 unspecified atom stereocenters. The second-order valence-corrected chi connectivity index (χ2v) is 9.57. The Morgan fingerprint density at radius 1 is 1.14 bits per heavy atom. The molecule has 5 rings (SSSR count). The van der Waals surface area contributed by atoms with Gasteiger partial charge in [-0.05, 0) is 25.1 Å². The van der Waals surface area contributed by atoms with E-state index in [0.29, 0.717) is 40.2 Å². The largest absolute Gasteiger partial charge is 0.367 e. The lowest BCUT2D eigenvalue weighted by atomic mass is 10.1. The smallest absolute Gasteiger partial charge is 0.268 e. The van der Waals surface area contributed by atoms with Crippen LogP contribution in [-0.4, -0.2) is 52.9 Å². The number of benzene rings is 1. The van der Waals surface area contributed by atoms with Crippen molar-refractivity contribution in [3.63, 3.8) is 0 Å². The van der Waals surface area contributed by atoms with E-state index in [1.165, 1.54) is 35.7 Å². The Bertz CT molecular complexity index is 1470. The molecular formula is C23H23F2N7O2S. The molecule has 12 heteroatoms. The zero-order valence-corrected chi connectivity index (χ0v) is 20.1. The van der Waals surface area contributed by atoms with Crippen LogP contribution >= 0.6 is 11.3 Å². The fourth-order valence-electron chi connectivity index (χ4n) is 4.01. The molecule has 0 bridgehead atoms. The number of fused-ring (bicyclic) bond motifs is 1. The van der Waals surface area contributed by atoms with Crippen LogP contribution in [0.1, 0.15) is 18.6 Å². The van der Waals surface area contributed by atoms with Gasteiger partial charge in [-0.25, -0.2) is 18.4 Å². The maximum absolute atomic E-state index is 14.8. The van der Waals surface area contributed by atoms with Crippen LogP contribution in [0.2, 0.25) is 0 Å². The summed E-state index contributed by atoms with van der Waals surface area (Å²) in [6.07, 6.45) is 0.952. The number of anilines is 2. The van der Waals surface area contributed by atoms with E-state index in [1.54, 1.807) is 6.07 Å². The highest BCUT2D eigenvalue weighted by molar-refractivity contribution is 7.22. The average molecular weight is 500 g/mol. The molecule has 0 amide bonds. The number of nitrogen functional groups attached to an aromatic ring is 1. The van der Waals surface area contributed by atoms with Gasteiger partial charge in [0.05, 0.1) is 18.3 Å². The van der Waals surface area contributed by atoms with E-state index in [9.17, 15) is 13.6 Å². The van der Waals surface area contributed by atoms with Gasteiger partial charge in [0.2, 0.25) is 5.95 Å². The summed E-state index contributed by atoms with van der Waals surface area (Å²) in [4.78, 5) is 29.5. The van der Waals surface area contributed by atoms with Gasteiger partial charge in [0.15, 0.2) is 10.8 Å². The third-order valence-corrected chi connectivity index (χ3v) is 6.89. The minimum Gasteiger partial charge on any atom is -0.367 e. The Balaban J connectivity index is 1.61. The molecule has 182 valence electrons. The summed E-state index contributed by atoms with van der Waals surface area (Å²) in [7, 11) is 3.71. The minimum atomic E-state index is -0.714. The predicted molar refractivity (Wildman–Crippen MR) is 131 cm³/mol. The monoisotopic (exact) mass is 499 g/mol. The number of hydrogen-bond acceptors (Lipinski definition) is 9. The molecule has 1 aliphatic heterocycles. The number of rotatable bonds is 4. The van der Waals surface area contributed by atoms with Crippen molar-refractivity contribution >= 4 is 32.8 Å². The Morgan fingerprint density at radius 2 is 1.94 bits per heavy atom. The van der Waals surface area contributed by atoms with Gasteiger partial charge in [-0.1, -0.05) is 11.3 Å². The summed E-state index contributed by atoms with van der Waals surface area (Å²) in [5.41, 5.74) is 1.35. The van der Waals surface area contributed by atoms with Crippen LogP contribution in [0.5, 0.6) is 0 Å². The summed E-state index contributed by atoms with van der Waals surface area (Å²) in [6.45, 7) is 2.79. The van der Waals surface area contributed by atoms with Gasteiger partial charge in [-0.2, -0.15) is 9.97 Å². The number of hydrogen-bond donors (Lipinski definition) is 1. The van der Waals surface area contributed by atoms with Gasteiger partial charge in [-0.3, -0.25) is 4.79 Å². The molecule has 0 radical (unpaired) electrons. The Kier molecular flexibility index (Phi) is 5.85. The van der Waals surface area contributed by atoms with Crippen molar-refractivity contribution in [3.05, 3.63) is 64.1 Å². The fourth-order valence-corrected chi connectivity index (χ4v) is 4.94. The lowest BCUT2D eigenvalue weighted by molar-refractivity contribution is -0.0181. The number of thiazole rings is 1. The summed E-state index contributed by atoms with van der Waals surface area (Å²) < 4.78 is 36.2. The quantitative estimate of drug-likeness (QED) is 0.428. The van der Waals surface area contributed by atoms with Gasteiger partial charge in [0.1, 0.15) is 22.4 Å². The maximum Gasteiger partial charge on any atom is 0.268 e. The van der Waals surface area contributed by atoms with E-state index in [0.717, 1.165) is 16.3 Å². The Hall–Kier alpha value is -3.64. The van der Waals surface area contributed by atoms with Crippen molar-refractivity contribution in [1.82, 2.24) is 19.6 Å². The number of nitrogens with two attached hydrogens (primary N) is 1. The Labute approximate surface area is 203 Å². The topological polar surface area (TPSA) is 102 Å². The van der Waals surface area contributed by atoms with Gasteiger partial charge < -0.3 is 20.4 Å². The highest BCUT2D eigenvalue weighted by Crippen LogP contribution is 2.37. The SMILES string of the molecule is CC1CN(c2nc(-c3ccc(F)cc3F)c3sc(N(C)C)nc3n2)CC(c2ccc(=O)n(N)c2)O1. The molecule has 1 aromatic carbocycles. The first kappa shape index (κ1) is 23.1. The van der Waals surface area contributed by atoms with Gasteiger partial charge in [0.25, 0.3) is 5.56 Å². The zero-order valence-electron chi connectivity index (χ0n) is 19.3. The standard InChI is InChI=1S/C23H23F2N7O2S/c1-12-9-31(11-17(34-12)13-4-7-18(33)32(26)10-13)22-27-19(15-6-5-14(24)8-16(15)25)20-21(28-22)29-23(35-20)30(2)3/h4-8,10,12,17H,9,11,26H2,1-3H3. The number of halogens is 2. The van der Waals surface area contributed by atoms with E-state index >= 15 is 0 Å². The predicted octanol–water partition coefficient (Wildman–Crippen LogP) is 2.94. The highest BCUT2D eigenvalue weighted by Gasteiger charge is 2.30. The average Bonchev–Trinajstić information content (AvgIpc) is 3.25. The van der Waals surface area contributed by atoms with E-state index in [2.05, 4.69) is 9.97 Å². The summed E-state index contributed by atoms with van der Waals surface area (Å²) in [5, 5.41) is 0.689. The number of nitrogens with zero attached hydrogens (tertiary/aromatic N) is 6. The van der Waals surface area contributed by atoms with Crippen molar-refractivity contribution in [2.24, 2.45) is 0 Å². The third-order valence-electron chi connectivity index (χ3n) is 5.68. The molecule has 4 aromatic rings. The first-order chi connectivity index (χ1) is 16.7. The molecule has 1 saturated heterocycles. The molecule has 0 saturated carbocycles. The summed E-state index contributed by atoms with van der Waals surface area (Å²) in [6, 6.07) is 6.48. The van der Waals surface area contributed by atoms with Gasteiger partial charge >= 0.3 is 0 Å². The van der Waals surface area contributed by atoms with Crippen LogP contribution in [0.25, 0.3) is 21.6 Å². The molecule has 2 N–H and O–H groups in total. The van der Waals surface area contributed by atoms with Crippen LogP contribution < -0.4 is 21.2 Å². The second-order valence-electron chi connectivity index (χ2n) is 8.59. The molecule has 0 aliphatic carbocycles. The first-order valence-electron chi connectivity index (χ1n) is 10.9. The highest BCUT2D eigenvalue weighted by atomic mass is 32.1. The number of morpholine rings is 1. The van der Waals surface area contributed by atoms with E-state index in [-0.39, 0.29) is 17.2 Å². The number of aromatic nitrogens is 4. The number of pyridine rings is 1. The third kappa shape index (κ3) is 4.42. The summed E-state index contributed by atoms with van der Waals surface area (Å²) in [5.74, 6) is 4.72. The molecule has 9 nitrogen and oxygen atoms in total. The van der Waals surface area contributed by atoms with Gasteiger partial charge in [-0.15, -0.1) is 0 Å². The lowest BCUT2D eigenvalue weighted by Gasteiger charge is -2.37. The number of ether oxygens (including phenoxy) is 1. The molecule has 1 fully saturated rings. The second kappa shape index (κ2) is 8.86. The maximum atomic E-state index is 14.8. The molecule has 4 heterocycles. The zero-order chi connectivity index (χ0) is 24.9. The van der Waals surface area contributed by atoms with Crippen molar-refractivity contribution in [2.45, 2.75) is 19.1 Å². The molecule has 2 atom stereocenters. The molecule has 3 aromatic heterocycles. The van der Waals surface area contributed by atoms with Crippen molar-refractivity contribution in [2.75, 3.05) is 42.8 Å². The van der Waals surface area contributed by atoms with Crippen LogP contribution in [-0.2, 0) is 4.74 Å². The van der Waals surface area contributed by atoms with Gasteiger partial charge in [0, 0.05) is 50.1 Å². The molecular weight excluding hydrogens is 476 g/mol. The van der Waals surface area contributed by atoms with Crippen LogP contribution in [0, 0.1) is 11.6 Å². The molecule has 0 spiro atoms. The normalized spacial score (nSPS) is 18.3. The van der Waals surface area contributed by atoms with Crippen molar-refractivity contribution in [3.8, 4) is 11.3 Å². The summed E-state index contributed by atoms with van der Waals surface area (Å²) >= 11 is 1.34. The van der Waals surface area contributed by atoms with E-state index < -0.39 is 17.7 Å². The Morgan fingerprint density at radius 3 is 2.66 bits per heavy atom. The molecule has 1 aliphatic rings. The van der Waals surface area contributed by atoms with E-state index in [1.807, 2.05) is 30.8 Å². The molecule has 35 heavy (non-hydrogen) atoms. The van der Waals surface area contributed by atoms with Crippen LogP contribution in [0.4, 0.5) is 19.9 Å². The first-order valence-corrected chi connectivity index (χ1v) is 11.7.